The highest BCUT2D eigenvalue weighted by atomic mass is 16.2. The first-order valence-corrected chi connectivity index (χ1v) is 6.27. The van der Waals surface area contributed by atoms with E-state index >= 15 is 0 Å². The van der Waals surface area contributed by atoms with E-state index in [9.17, 15) is 9.59 Å². The van der Waals surface area contributed by atoms with Crippen molar-refractivity contribution >= 4 is 11.6 Å². The SMILES string of the molecule is CN(C(=O)c1ccn(C)c(=O)c1)c1ccccc1CN. The molecule has 5 nitrogen and oxygen atoms in total. The number of aryl methyl sites for hydroxylation is 1. The maximum atomic E-state index is 12.4. The fourth-order valence-corrected chi connectivity index (χ4v) is 2.00. The van der Waals surface area contributed by atoms with Gasteiger partial charge in [-0.15, -0.1) is 0 Å². The van der Waals surface area contributed by atoms with Crippen LogP contribution in [0.25, 0.3) is 0 Å². The molecule has 1 heterocycles. The number of carbonyl (C=O) groups excluding carboxylic acids is 1. The zero-order chi connectivity index (χ0) is 14.7. The van der Waals surface area contributed by atoms with Gasteiger partial charge in [0.25, 0.3) is 11.5 Å². The predicted molar refractivity (Wildman–Crippen MR) is 78.7 cm³/mol. The zero-order valence-corrected chi connectivity index (χ0v) is 11.5. The standard InChI is InChI=1S/C15H17N3O2/c1-17-8-7-11(9-14(17)19)15(20)18(2)13-6-4-3-5-12(13)10-16/h3-9H,10,16H2,1-2H3. The normalized spacial score (nSPS) is 10.3. The molecule has 2 N–H and O–H groups in total. The third kappa shape index (κ3) is 2.62. The van der Waals surface area contributed by atoms with E-state index < -0.39 is 0 Å². The summed E-state index contributed by atoms with van der Waals surface area (Å²) >= 11 is 0. The molecular weight excluding hydrogens is 254 g/mol. The van der Waals surface area contributed by atoms with Gasteiger partial charge >= 0.3 is 0 Å². The van der Waals surface area contributed by atoms with Crippen molar-refractivity contribution < 1.29 is 4.79 Å². The number of hydrogen-bond donors (Lipinski definition) is 1. The van der Waals surface area contributed by atoms with Crippen molar-refractivity contribution in [1.82, 2.24) is 4.57 Å². The van der Waals surface area contributed by atoms with E-state index in [1.165, 1.54) is 15.5 Å². The molecule has 2 rings (SSSR count). The Morgan fingerprint density at radius 2 is 2.00 bits per heavy atom. The third-order valence-corrected chi connectivity index (χ3v) is 3.23. The van der Waals surface area contributed by atoms with Crippen LogP contribution in [0.15, 0.2) is 47.4 Å². The maximum absolute atomic E-state index is 12.4. The summed E-state index contributed by atoms with van der Waals surface area (Å²) in [6, 6.07) is 10.4. The van der Waals surface area contributed by atoms with Gasteiger partial charge in [0.15, 0.2) is 0 Å². The van der Waals surface area contributed by atoms with E-state index in [2.05, 4.69) is 0 Å². The number of carbonyl (C=O) groups is 1. The Labute approximate surface area is 117 Å². The molecule has 1 aromatic carbocycles. The summed E-state index contributed by atoms with van der Waals surface area (Å²) < 4.78 is 1.42. The van der Waals surface area contributed by atoms with Crippen molar-refractivity contribution in [2.45, 2.75) is 6.54 Å². The lowest BCUT2D eigenvalue weighted by Gasteiger charge is -2.20. The number of nitrogens with two attached hydrogens (primary N) is 1. The minimum absolute atomic E-state index is 0.212. The molecule has 0 aliphatic carbocycles. The van der Waals surface area contributed by atoms with Gasteiger partial charge in [-0.05, 0) is 17.7 Å². The molecule has 1 aromatic heterocycles. The van der Waals surface area contributed by atoms with Crippen LogP contribution in [-0.4, -0.2) is 17.5 Å². The van der Waals surface area contributed by atoms with Gasteiger partial charge in [-0.3, -0.25) is 9.59 Å². The van der Waals surface area contributed by atoms with Gasteiger partial charge in [-0.1, -0.05) is 18.2 Å². The van der Waals surface area contributed by atoms with E-state index in [1.807, 2.05) is 24.3 Å². The molecule has 0 aliphatic heterocycles. The average Bonchev–Trinajstić information content (AvgIpc) is 2.48. The van der Waals surface area contributed by atoms with Gasteiger partial charge in [0.2, 0.25) is 0 Å². The van der Waals surface area contributed by atoms with Gasteiger partial charge in [-0.2, -0.15) is 0 Å². The third-order valence-electron chi connectivity index (χ3n) is 3.23. The van der Waals surface area contributed by atoms with Crippen molar-refractivity contribution in [3.63, 3.8) is 0 Å². The van der Waals surface area contributed by atoms with Crippen LogP contribution < -0.4 is 16.2 Å². The number of nitrogens with zero attached hydrogens (tertiary/aromatic N) is 2. The van der Waals surface area contributed by atoms with Crippen LogP contribution in [-0.2, 0) is 13.6 Å². The Kier molecular flexibility index (Phi) is 4.00. The Morgan fingerprint density at radius 3 is 2.65 bits per heavy atom. The van der Waals surface area contributed by atoms with Crippen LogP contribution >= 0.6 is 0 Å². The number of rotatable bonds is 3. The minimum Gasteiger partial charge on any atom is -0.326 e. The fourth-order valence-electron chi connectivity index (χ4n) is 2.00. The zero-order valence-electron chi connectivity index (χ0n) is 11.5. The number of amides is 1. The fraction of sp³-hybridized carbons (Fsp3) is 0.200. The molecule has 0 aliphatic rings. The van der Waals surface area contributed by atoms with Crippen molar-refractivity contribution in [1.29, 1.82) is 0 Å². The summed E-state index contributed by atoms with van der Waals surface area (Å²) in [6.07, 6.45) is 1.58. The lowest BCUT2D eigenvalue weighted by atomic mass is 10.1. The van der Waals surface area contributed by atoms with E-state index in [4.69, 9.17) is 5.73 Å². The van der Waals surface area contributed by atoms with Gasteiger partial charge in [0.1, 0.15) is 0 Å². The molecule has 0 atom stereocenters. The first-order valence-electron chi connectivity index (χ1n) is 6.27. The molecule has 1 amide bonds. The summed E-state index contributed by atoms with van der Waals surface area (Å²) in [7, 11) is 3.32. The molecule has 0 radical (unpaired) electrons. The number of para-hydroxylation sites is 1. The average molecular weight is 271 g/mol. The predicted octanol–water partition coefficient (Wildman–Crippen LogP) is 1.12. The van der Waals surface area contributed by atoms with Crippen LogP contribution in [0.3, 0.4) is 0 Å². The Hall–Kier alpha value is -2.40. The molecule has 0 bridgehead atoms. The van der Waals surface area contributed by atoms with E-state index in [0.29, 0.717) is 12.1 Å². The van der Waals surface area contributed by atoms with Gasteiger partial charge in [0, 0.05) is 44.2 Å². The smallest absolute Gasteiger partial charge is 0.258 e. The van der Waals surface area contributed by atoms with Crippen LogP contribution in [0.1, 0.15) is 15.9 Å². The van der Waals surface area contributed by atoms with Gasteiger partial charge in [0.05, 0.1) is 0 Å². The molecule has 0 spiro atoms. The summed E-state index contributed by atoms with van der Waals surface area (Å²) in [6.45, 7) is 0.352. The van der Waals surface area contributed by atoms with Gasteiger partial charge in [-0.25, -0.2) is 0 Å². The van der Waals surface area contributed by atoms with E-state index in [0.717, 1.165) is 11.3 Å². The van der Waals surface area contributed by atoms with E-state index in [-0.39, 0.29) is 11.5 Å². The molecule has 104 valence electrons. The maximum Gasteiger partial charge on any atom is 0.258 e. The van der Waals surface area contributed by atoms with Crippen LogP contribution in [0.2, 0.25) is 0 Å². The lowest BCUT2D eigenvalue weighted by Crippen LogP contribution is -2.29. The second kappa shape index (κ2) is 5.71. The molecular formula is C15H17N3O2. The second-order valence-electron chi connectivity index (χ2n) is 4.56. The number of anilines is 1. The summed E-state index contributed by atoms with van der Waals surface area (Å²) in [5, 5.41) is 0. The van der Waals surface area contributed by atoms with E-state index in [1.54, 1.807) is 26.4 Å². The van der Waals surface area contributed by atoms with Crippen molar-refractivity contribution in [2.75, 3.05) is 11.9 Å². The molecule has 0 fully saturated rings. The highest BCUT2D eigenvalue weighted by molar-refractivity contribution is 6.06. The molecule has 0 saturated carbocycles. The minimum atomic E-state index is -0.233. The quantitative estimate of drug-likeness (QED) is 0.909. The lowest BCUT2D eigenvalue weighted by molar-refractivity contribution is 0.0992. The highest BCUT2D eigenvalue weighted by Gasteiger charge is 2.16. The molecule has 2 aromatic rings. The first kappa shape index (κ1) is 14.0. The summed E-state index contributed by atoms with van der Waals surface area (Å²) in [4.78, 5) is 25.5. The molecule has 0 unspecified atom stereocenters. The van der Waals surface area contributed by atoms with Crippen LogP contribution in [0.5, 0.6) is 0 Å². The first-order chi connectivity index (χ1) is 9.54. The van der Waals surface area contributed by atoms with Crippen LogP contribution in [0, 0.1) is 0 Å². The van der Waals surface area contributed by atoms with Gasteiger partial charge < -0.3 is 15.2 Å². The molecule has 20 heavy (non-hydrogen) atoms. The number of aromatic nitrogens is 1. The van der Waals surface area contributed by atoms with Crippen molar-refractivity contribution in [3.8, 4) is 0 Å². The number of hydrogen-bond acceptors (Lipinski definition) is 3. The Balaban J connectivity index is 2.37. The van der Waals surface area contributed by atoms with Crippen molar-refractivity contribution in [2.24, 2.45) is 12.8 Å². The summed E-state index contributed by atoms with van der Waals surface area (Å²) in [5.74, 6) is -0.233. The largest absolute Gasteiger partial charge is 0.326 e. The van der Waals surface area contributed by atoms with Crippen molar-refractivity contribution in [3.05, 3.63) is 64.1 Å². The van der Waals surface area contributed by atoms with Crippen LogP contribution in [0.4, 0.5) is 5.69 Å². The number of pyridine rings is 1. The summed E-state index contributed by atoms with van der Waals surface area (Å²) in [5.41, 5.74) is 7.46. The Morgan fingerprint density at radius 1 is 1.30 bits per heavy atom. The topological polar surface area (TPSA) is 68.3 Å². The second-order valence-corrected chi connectivity index (χ2v) is 4.56. The number of benzene rings is 1. The molecule has 5 heteroatoms. The monoisotopic (exact) mass is 271 g/mol. The molecule has 0 saturated heterocycles. The highest BCUT2D eigenvalue weighted by Crippen LogP contribution is 2.20. The Bertz CT molecular complexity index is 692.